The molecule has 0 aliphatic carbocycles. The number of pyridine rings is 2. The monoisotopic (exact) mass is 443 g/mol. The van der Waals surface area contributed by atoms with E-state index in [4.69, 9.17) is 16.6 Å². The van der Waals surface area contributed by atoms with Crippen LogP contribution in [0.25, 0.3) is 33.2 Å². The summed E-state index contributed by atoms with van der Waals surface area (Å²) >= 11 is 6.63. The van der Waals surface area contributed by atoms with Crippen molar-refractivity contribution in [1.29, 1.82) is 0 Å². The maximum Gasteiger partial charge on any atom is 0.222 e. The van der Waals surface area contributed by atoms with Crippen LogP contribution in [0.15, 0.2) is 60.9 Å². The Bertz CT molecular complexity index is 1300. The van der Waals surface area contributed by atoms with Crippen molar-refractivity contribution < 1.29 is 4.79 Å². The van der Waals surface area contributed by atoms with Crippen LogP contribution in [0.5, 0.6) is 0 Å². The fourth-order valence-corrected chi connectivity index (χ4v) is 4.50. The lowest BCUT2D eigenvalue weighted by atomic mass is 9.89. The third kappa shape index (κ3) is 4.23. The molecule has 32 heavy (non-hydrogen) atoms. The predicted molar refractivity (Wildman–Crippen MR) is 132 cm³/mol. The van der Waals surface area contributed by atoms with E-state index in [1.807, 2.05) is 48.8 Å². The van der Waals surface area contributed by atoms with Gasteiger partial charge in [0.15, 0.2) is 0 Å². The average Bonchev–Trinajstić information content (AvgIpc) is 2.77. The molecule has 1 amide bonds. The molecule has 0 unspecified atom stereocenters. The molecule has 0 spiro atoms. The van der Waals surface area contributed by atoms with Crippen molar-refractivity contribution in [1.82, 2.24) is 14.9 Å². The third-order valence-corrected chi connectivity index (χ3v) is 6.15. The molecule has 4 nitrogen and oxygen atoms in total. The van der Waals surface area contributed by atoms with E-state index in [9.17, 15) is 4.79 Å². The summed E-state index contributed by atoms with van der Waals surface area (Å²) in [5, 5.41) is 1.78. The maximum atomic E-state index is 12.2. The van der Waals surface area contributed by atoms with Gasteiger partial charge in [0.05, 0.1) is 5.52 Å². The zero-order valence-electron chi connectivity index (χ0n) is 18.8. The van der Waals surface area contributed by atoms with Crippen molar-refractivity contribution in [3.8, 4) is 22.3 Å². The normalized spacial score (nSPS) is 11.0. The van der Waals surface area contributed by atoms with Gasteiger partial charge in [-0.1, -0.05) is 29.8 Å². The van der Waals surface area contributed by atoms with Gasteiger partial charge in [0.1, 0.15) is 0 Å². The second-order valence-corrected chi connectivity index (χ2v) is 8.66. The molecule has 0 saturated carbocycles. The number of benzene rings is 2. The summed E-state index contributed by atoms with van der Waals surface area (Å²) in [7, 11) is 3.55. The highest BCUT2D eigenvalue weighted by Crippen LogP contribution is 2.40. The largest absolute Gasteiger partial charge is 0.349 e. The molecule has 4 rings (SSSR count). The Labute approximate surface area is 193 Å². The van der Waals surface area contributed by atoms with Gasteiger partial charge in [-0.15, -0.1) is 0 Å². The van der Waals surface area contributed by atoms with Crippen LogP contribution in [0.1, 0.15) is 23.2 Å². The fraction of sp³-hybridized carbons (Fsp3) is 0.222. The molecule has 0 N–H and O–H groups in total. The zero-order chi connectivity index (χ0) is 22.8. The van der Waals surface area contributed by atoms with Crippen LogP contribution < -0.4 is 0 Å². The lowest BCUT2D eigenvalue weighted by molar-refractivity contribution is -0.128. The second-order valence-electron chi connectivity index (χ2n) is 8.25. The molecule has 0 radical (unpaired) electrons. The Hall–Kier alpha value is -3.24. The van der Waals surface area contributed by atoms with Gasteiger partial charge in [-0.25, -0.2) is 0 Å². The number of hydrogen-bond acceptors (Lipinski definition) is 3. The van der Waals surface area contributed by atoms with E-state index in [2.05, 4.69) is 31.0 Å². The summed E-state index contributed by atoms with van der Waals surface area (Å²) < 4.78 is 0. The lowest BCUT2D eigenvalue weighted by Gasteiger charge is -2.18. The first-order valence-corrected chi connectivity index (χ1v) is 11.0. The highest BCUT2D eigenvalue weighted by atomic mass is 35.5. The molecule has 2 aromatic carbocycles. The van der Waals surface area contributed by atoms with E-state index >= 15 is 0 Å². The summed E-state index contributed by atoms with van der Waals surface area (Å²) in [6.45, 7) is 4.25. The molecule has 0 fully saturated rings. The topological polar surface area (TPSA) is 46.1 Å². The first-order chi connectivity index (χ1) is 15.4. The zero-order valence-corrected chi connectivity index (χ0v) is 19.6. The van der Waals surface area contributed by atoms with E-state index in [-0.39, 0.29) is 5.91 Å². The Morgan fingerprint density at radius 1 is 1.00 bits per heavy atom. The molecule has 4 aromatic rings. The first kappa shape index (κ1) is 22.0. The van der Waals surface area contributed by atoms with E-state index in [1.165, 1.54) is 5.56 Å². The number of amides is 1. The van der Waals surface area contributed by atoms with Crippen molar-refractivity contribution in [2.45, 2.75) is 26.7 Å². The SMILES string of the molecule is Cc1cc2nc(CCC(=O)N(C)C)cc(-c3ccccc3Cl)c2c(C)c1-c1ccncc1. The van der Waals surface area contributed by atoms with Crippen molar-refractivity contribution >= 4 is 28.4 Å². The Balaban J connectivity index is 1.97. The van der Waals surface area contributed by atoms with Crippen LogP contribution in [0.4, 0.5) is 0 Å². The number of rotatable bonds is 5. The van der Waals surface area contributed by atoms with E-state index in [1.54, 1.807) is 19.0 Å². The predicted octanol–water partition coefficient (Wildman–Crippen LogP) is 6.25. The summed E-state index contributed by atoms with van der Waals surface area (Å²) in [4.78, 5) is 22.9. The standard InChI is InChI=1S/C27H26ClN3O/c1-17-15-24-27(18(2)26(17)19-11-13-29-14-12-19)22(21-7-5-6-8-23(21)28)16-20(30-24)9-10-25(32)31(3)4/h5-8,11-16H,9-10H2,1-4H3. The van der Waals surface area contributed by atoms with E-state index in [0.29, 0.717) is 17.9 Å². The van der Waals surface area contributed by atoms with Gasteiger partial charge in [-0.3, -0.25) is 14.8 Å². The number of carbonyl (C=O) groups excluding carboxylic acids is 1. The smallest absolute Gasteiger partial charge is 0.222 e. The molecular weight excluding hydrogens is 418 g/mol. The van der Waals surface area contributed by atoms with E-state index < -0.39 is 0 Å². The number of aryl methyl sites for hydroxylation is 3. The van der Waals surface area contributed by atoms with Crippen molar-refractivity contribution in [2.75, 3.05) is 14.1 Å². The average molecular weight is 444 g/mol. The first-order valence-electron chi connectivity index (χ1n) is 10.7. The summed E-state index contributed by atoms with van der Waals surface area (Å²) in [6, 6.07) is 16.2. The summed E-state index contributed by atoms with van der Waals surface area (Å²) in [5.74, 6) is 0.0894. The minimum absolute atomic E-state index is 0.0894. The van der Waals surface area contributed by atoms with Crippen LogP contribution in [-0.4, -0.2) is 34.9 Å². The van der Waals surface area contributed by atoms with Gasteiger partial charge in [-0.2, -0.15) is 0 Å². The van der Waals surface area contributed by atoms with Crippen molar-refractivity contribution in [3.05, 3.63) is 82.8 Å². The van der Waals surface area contributed by atoms with Gasteiger partial charge in [0.2, 0.25) is 5.91 Å². The summed E-state index contributed by atoms with van der Waals surface area (Å²) in [6.07, 6.45) is 4.63. The van der Waals surface area contributed by atoms with Gasteiger partial charge < -0.3 is 4.90 Å². The molecule has 2 aromatic heterocycles. The highest BCUT2D eigenvalue weighted by molar-refractivity contribution is 6.33. The van der Waals surface area contributed by atoms with Crippen LogP contribution >= 0.6 is 11.6 Å². The minimum atomic E-state index is 0.0894. The van der Waals surface area contributed by atoms with Crippen LogP contribution in [0.3, 0.4) is 0 Å². The molecule has 0 bridgehead atoms. The summed E-state index contributed by atoms with van der Waals surface area (Å²) in [5.41, 5.74) is 8.44. The van der Waals surface area contributed by atoms with Crippen LogP contribution in [-0.2, 0) is 11.2 Å². The number of nitrogens with zero attached hydrogens (tertiary/aromatic N) is 3. The molecule has 0 saturated heterocycles. The molecule has 0 aliphatic heterocycles. The quantitative estimate of drug-likeness (QED) is 0.366. The number of carbonyl (C=O) groups is 1. The van der Waals surface area contributed by atoms with Crippen molar-refractivity contribution in [3.63, 3.8) is 0 Å². The highest BCUT2D eigenvalue weighted by Gasteiger charge is 2.18. The maximum absolute atomic E-state index is 12.2. The minimum Gasteiger partial charge on any atom is -0.349 e. The lowest BCUT2D eigenvalue weighted by Crippen LogP contribution is -2.22. The molecule has 5 heteroatoms. The molecule has 2 heterocycles. The van der Waals surface area contributed by atoms with Gasteiger partial charge in [0, 0.05) is 54.6 Å². The molecule has 0 atom stereocenters. The second kappa shape index (κ2) is 9.09. The van der Waals surface area contributed by atoms with Gasteiger partial charge >= 0.3 is 0 Å². The van der Waals surface area contributed by atoms with Crippen LogP contribution in [0, 0.1) is 13.8 Å². The number of hydrogen-bond donors (Lipinski definition) is 0. The van der Waals surface area contributed by atoms with Crippen molar-refractivity contribution in [2.24, 2.45) is 0 Å². The van der Waals surface area contributed by atoms with Gasteiger partial charge in [-0.05, 0) is 78.4 Å². The molecule has 0 aliphatic rings. The fourth-order valence-electron chi connectivity index (χ4n) is 4.26. The third-order valence-electron chi connectivity index (χ3n) is 5.82. The number of halogens is 1. The van der Waals surface area contributed by atoms with Gasteiger partial charge in [0.25, 0.3) is 0 Å². The number of fused-ring (bicyclic) bond motifs is 1. The Morgan fingerprint density at radius 3 is 2.41 bits per heavy atom. The molecule has 162 valence electrons. The molecular formula is C27H26ClN3O. The van der Waals surface area contributed by atoms with E-state index in [0.717, 1.165) is 44.4 Å². The number of aromatic nitrogens is 2. The van der Waals surface area contributed by atoms with Crippen LogP contribution in [0.2, 0.25) is 5.02 Å². The Morgan fingerprint density at radius 2 is 1.72 bits per heavy atom. The Kier molecular flexibility index (Phi) is 6.24.